The molecular formula is C28H31BrN4O4S. The molecule has 0 radical (unpaired) electrons. The lowest BCUT2D eigenvalue weighted by molar-refractivity contribution is -0.114. The SMILES string of the molecule is CCOc1cc(/C=C2/C(=N)N3N=C(CC)SC3=NC2=O)cc(Br)c1OCCOc1ccc([C@H](C)CC)cc1. The number of thioether (sulfide) groups is 1. The van der Waals surface area contributed by atoms with Crippen LogP contribution in [0.2, 0.25) is 0 Å². The van der Waals surface area contributed by atoms with Gasteiger partial charge in [0.25, 0.3) is 5.91 Å². The maximum absolute atomic E-state index is 12.7. The molecule has 8 nitrogen and oxygen atoms in total. The first-order chi connectivity index (χ1) is 18.3. The highest BCUT2D eigenvalue weighted by atomic mass is 79.9. The first-order valence-corrected chi connectivity index (χ1v) is 14.3. The van der Waals surface area contributed by atoms with Crippen LogP contribution >= 0.6 is 27.7 Å². The van der Waals surface area contributed by atoms with Gasteiger partial charge in [0.05, 0.1) is 16.7 Å². The number of benzene rings is 2. The second kappa shape index (κ2) is 12.6. The van der Waals surface area contributed by atoms with Crippen molar-refractivity contribution in [2.75, 3.05) is 19.8 Å². The van der Waals surface area contributed by atoms with E-state index in [1.807, 2.05) is 32.0 Å². The first kappa shape index (κ1) is 27.9. The smallest absolute Gasteiger partial charge is 0.283 e. The number of hydrogen-bond donors (Lipinski definition) is 1. The highest BCUT2D eigenvalue weighted by Gasteiger charge is 2.35. The zero-order chi connectivity index (χ0) is 27.2. The Morgan fingerprint density at radius 3 is 2.53 bits per heavy atom. The normalized spacial score (nSPS) is 16.8. The summed E-state index contributed by atoms with van der Waals surface area (Å²) in [6, 6.07) is 11.8. The molecule has 200 valence electrons. The molecule has 2 aromatic carbocycles. The van der Waals surface area contributed by atoms with Crippen LogP contribution in [0.25, 0.3) is 6.08 Å². The number of hydrogen-bond acceptors (Lipinski definition) is 7. The van der Waals surface area contributed by atoms with E-state index in [0.717, 1.165) is 17.2 Å². The van der Waals surface area contributed by atoms with Crippen LogP contribution in [-0.4, -0.2) is 46.8 Å². The van der Waals surface area contributed by atoms with Gasteiger partial charge in [-0.05, 0) is 94.8 Å². The van der Waals surface area contributed by atoms with Crippen LogP contribution in [0.1, 0.15) is 57.6 Å². The maximum Gasteiger partial charge on any atom is 0.283 e. The van der Waals surface area contributed by atoms with E-state index < -0.39 is 5.91 Å². The second-order valence-electron chi connectivity index (χ2n) is 8.71. The van der Waals surface area contributed by atoms with E-state index in [4.69, 9.17) is 19.6 Å². The quantitative estimate of drug-likeness (QED) is 0.224. The molecule has 1 N–H and O–H groups in total. The first-order valence-electron chi connectivity index (χ1n) is 12.7. The summed E-state index contributed by atoms with van der Waals surface area (Å²) in [6.45, 7) is 9.37. The standard InChI is InChI=1S/C28H31BrN4O4S/c1-5-17(4)19-8-10-20(11-9-19)36-12-13-37-25-22(29)15-18(16-23(25)35-7-3)14-21-26(30)33-28(31-27(21)34)38-24(6-2)32-33/h8-11,14-17,30H,5-7,12-13H2,1-4H3/b21-14-,30-26?/t17-/m1/s1. The van der Waals surface area contributed by atoms with E-state index >= 15 is 0 Å². The summed E-state index contributed by atoms with van der Waals surface area (Å²) in [5, 5.41) is 15.6. The molecule has 2 aliphatic heterocycles. The van der Waals surface area contributed by atoms with Crippen LogP contribution in [0, 0.1) is 5.41 Å². The van der Waals surface area contributed by atoms with Crippen molar-refractivity contribution < 1.29 is 19.0 Å². The lowest BCUT2D eigenvalue weighted by Crippen LogP contribution is -2.35. The predicted octanol–water partition coefficient (Wildman–Crippen LogP) is 6.85. The Kier molecular flexibility index (Phi) is 9.27. The highest BCUT2D eigenvalue weighted by Crippen LogP contribution is 2.38. The molecule has 4 rings (SSSR count). The molecule has 38 heavy (non-hydrogen) atoms. The fourth-order valence-electron chi connectivity index (χ4n) is 3.85. The summed E-state index contributed by atoms with van der Waals surface area (Å²) in [5.74, 6) is 1.92. The van der Waals surface area contributed by atoms with Gasteiger partial charge in [0.15, 0.2) is 17.3 Å². The Bertz CT molecular complexity index is 1310. The predicted molar refractivity (Wildman–Crippen MR) is 157 cm³/mol. The monoisotopic (exact) mass is 598 g/mol. The zero-order valence-electron chi connectivity index (χ0n) is 21.9. The fraction of sp³-hybridized carbons (Fsp3) is 0.357. The molecule has 2 aliphatic rings. The van der Waals surface area contributed by atoms with Crippen molar-refractivity contribution >= 4 is 55.7 Å². The minimum atomic E-state index is -0.468. The average Bonchev–Trinajstić information content (AvgIpc) is 3.33. The Labute approximate surface area is 235 Å². The molecule has 0 saturated heterocycles. The molecule has 2 heterocycles. The number of amides is 1. The molecule has 10 heteroatoms. The Morgan fingerprint density at radius 1 is 1.11 bits per heavy atom. The van der Waals surface area contributed by atoms with Gasteiger partial charge in [-0.25, -0.2) is 0 Å². The van der Waals surface area contributed by atoms with Gasteiger partial charge in [-0.1, -0.05) is 32.9 Å². The summed E-state index contributed by atoms with van der Waals surface area (Å²) in [5.41, 5.74) is 2.13. The minimum absolute atomic E-state index is 0.000285. The van der Waals surface area contributed by atoms with Crippen molar-refractivity contribution in [1.82, 2.24) is 5.01 Å². The van der Waals surface area contributed by atoms with Crippen molar-refractivity contribution in [3.05, 3.63) is 57.6 Å². The Hall–Kier alpha value is -3.11. The van der Waals surface area contributed by atoms with Crippen molar-refractivity contribution in [2.45, 2.75) is 46.5 Å². The fourth-order valence-corrected chi connectivity index (χ4v) is 5.25. The number of nitrogens with zero attached hydrogens (tertiary/aromatic N) is 3. The molecule has 1 atom stereocenters. The third-order valence-corrected chi connectivity index (χ3v) is 7.74. The highest BCUT2D eigenvalue weighted by molar-refractivity contribution is 9.10. The molecule has 0 aliphatic carbocycles. The number of halogens is 1. The van der Waals surface area contributed by atoms with E-state index in [0.29, 0.717) is 58.9 Å². The van der Waals surface area contributed by atoms with Gasteiger partial charge in [-0.15, -0.1) is 0 Å². The third-order valence-electron chi connectivity index (χ3n) is 6.10. The summed E-state index contributed by atoms with van der Waals surface area (Å²) in [6.07, 6.45) is 3.43. The van der Waals surface area contributed by atoms with Crippen LogP contribution in [0.15, 0.2) is 56.5 Å². The van der Waals surface area contributed by atoms with E-state index in [1.54, 1.807) is 12.1 Å². The van der Waals surface area contributed by atoms with Gasteiger partial charge in [0.2, 0.25) is 5.17 Å². The number of amidine groups is 2. The van der Waals surface area contributed by atoms with Crippen LogP contribution < -0.4 is 14.2 Å². The largest absolute Gasteiger partial charge is 0.490 e. The number of nitrogens with one attached hydrogen (secondary N) is 1. The van der Waals surface area contributed by atoms with Gasteiger partial charge in [0.1, 0.15) is 24.0 Å². The lowest BCUT2D eigenvalue weighted by atomic mass is 9.99. The van der Waals surface area contributed by atoms with E-state index in [9.17, 15) is 4.79 Å². The van der Waals surface area contributed by atoms with Crippen LogP contribution in [0.5, 0.6) is 17.2 Å². The molecule has 0 bridgehead atoms. The summed E-state index contributed by atoms with van der Waals surface area (Å²) in [4.78, 5) is 16.8. The maximum atomic E-state index is 12.7. The molecule has 2 aromatic rings. The van der Waals surface area contributed by atoms with Crippen molar-refractivity contribution in [1.29, 1.82) is 5.41 Å². The van der Waals surface area contributed by atoms with Crippen molar-refractivity contribution in [2.24, 2.45) is 10.1 Å². The van der Waals surface area contributed by atoms with Gasteiger partial charge in [-0.3, -0.25) is 10.2 Å². The number of carbonyl (C=O) groups is 1. The third kappa shape index (κ3) is 6.30. The molecule has 0 fully saturated rings. The molecule has 0 aromatic heterocycles. The number of carbonyl (C=O) groups excluding carboxylic acids is 1. The minimum Gasteiger partial charge on any atom is -0.490 e. The Morgan fingerprint density at radius 2 is 1.84 bits per heavy atom. The topological polar surface area (TPSA) is 96.6 Å². The Balaban J connectivity index is 1.46. The van der Waals surface area contributed by atoms with E-state index in [1.165, 1.54) is 22.3 Å². The molecule has 0 saturated carbocycles. The number of hydrazone groups is 1. The van der Waals surface area contributed by atoms with Crippen LogP contribution in [0.4, 0.5) is 0 Å². The average molecular weight is 600 g/mol. The lowest BCUT2D eigenvalue weighted by Gasteiger charge is -2.20. The number of fused-ring (bicyclic) bond motifs is 1. The second-order valence-corrected chi connectivity index (χ2v) is 10.6. The van der Waals surface area contributed by atoms with E-state index in [-0.39, 0.29) is 11.4 Å². The van der Waals surface area contributed by atoms with E-state index in [2.05, 4.69) is 52.0 Å². The molecular weight excluding hydrogens is 568 g/mol. The molecule has 0 spiro atoms. The summed E-state index contributed by atoms with van der Waals surface area (Å²) >= 11 is 4.89. The summed E-state index contributed by atoms with van der Waals surface area (Å²) < 4.78 is 18.4. The van der Waals surface area contributed by atoms with Gasteiger partial charge in [0, 0.05) is 0 Å². The van der Waals surface area contributed by atoms with Gasteiger partial charge >= 0.3 is 0 Å². The molecule has 0 unspecified atom stereocenters. The molecule has 1 amide bonds. The van der Waals surface area contributed by atoms with Crippen molar-refractivity contribution in [3.63, 3.8) is 0 Å². The van der Waals surface area contributed by atoms with Crippen LogP contribution in [0.3, 0.4) is 0 Å². The zero-order valence-corrected chi connectivity index (χ0v) is 24.3. The van der Waals surface area contributed by atoms with Crippen molar-refractivity contribution in [3.8, 4) is 17.2 Å². The number of rotatable bonds is 11. The summed E-state index contributed by atoms with van der Waals surface area (Å²) in [7, 11) is 0. The van der Waals surface area contributed by atoms with Gasteiger partial charge < -0.3 is 14.2 Å². The van der Waals surface area contributed by atoms with Gasteiger partial charge in [-0.2, -0.15) is 15.1 Å². The number of aliphatic imine (C=N–C) groups is 1. The number of ether oxygens (including phenoxy) is 3. The van der Waals surface area contributed by atoms with Crippen LogP contribution in [-0.2, 0) is 4.79 Å².